The minimum absolute atomic E-state index is 0.0294. The van der Waals surface area contributed by atoms with Crippen LogP contribution in [0.5, 0.6) is 5.75 Å². The van der Waals surface area contributed by atoms with Crippen LogP contribution in [0.25, 0.3) is 0 Å². The molecule has 0 aliphatic heterocycles. The number of carbonyl (C=O) groups excluding carboxylic acids is 1. The second-order valence-electron chi connectivity index (χ2n) is 5.30. The lowest BCUT2D eigenvalue weighted by Crippen LogP contribution is -2.41. The zero-order valence-corrected chi connectivity index (χ0v) is 11.8. The number of carbonyl (C=O) groups is 1. The molecule has 2 unspecified atom stereocenters. The Bertz CT molecular complexity index is 413. The fraction of sp³-hybridized carbons (Fsp3) is 0.562. The molecule has 0 spiro atoms. The van der Waals surface area contributed by atoms with Gasteiger partial charge < -0.3 is 10.1 Å². The van der Waals surface area contributed by atoms with E-state index < -0.39 is 0 Å². The van der Waals surface area contributed by atoms with Crippen molar-refractivity contribution in [2.45, 2.75) is 45.6 Å². The Morgan fingerprint density at radius 1 is 1.26 bits per heavy atom. The molecule has 1 aromatic rings. The summed E-state index contributed by atoms with van der Waals surface area (Å²) in [6.07, 6.45) is 4.83. The third-order valence-corrected chi connectivity index (χ3v) is 3.86. The van der Waals surface area contributed by atoms with E-state index in [1.807, 2.05) is 31.2 Å². The molecule has 2 atom stereocenters. The topological polar surface area (TPSA) is 38.3 Å². The molecule has 19 heavy (non-hydrogen) atoms. The molecule has 3 nitrogen and oxygen atoms in total. The average molecular weight is 261 g/mol. The number of rotatable bonds is 4. The van der Waals surface area contributed by atoms with Crippen LogP contribution in [0.2, 0.25) is 0 Å². The van der Waals surface area contributed by atoms with E-state index in [0.29, 0.717) is 24.1 Å². The van der Waals surface area contributed by atoms with Gasteiger partial charge in [0.15, 0.2) is 0 Å². The molecule has 1 aromatic carbocycles. The van der Waals surface area contributed by atoms with Gasteiger partial charge in [0.2, 0.25) is 0 Å². The summed E-state index contributed by atoms with van der Waals surface area (Å²) in [6, 6.07) is 7.68. The van der Waals surface area contributed by atoms with Crippen LogP contribution in [0.1, 0.15) is 49.9 Å². The lowest BCUT2D eigenvalue weighted by atomic mass is 9.86. The third-order valence-electron chi connectivity index (χ3n) is 3.86. The highest BCUT2D eigenvalue weighted by Gasteiger charge is 2.23. The number of hydrogen-bond donors (Lipinski definition) is 1. The number of benzene rings is 1. The van der Waals surface area contributed by atoms with Gasteiger partial charge in [-0.2, -0.15) is 0 Å². The zero-order valence-electron chi connectivity index (χ0n) is 11.8. The van der Waals surface area contributed by atoms with Crippen LogP contribution in [0.4, 0.5) is 0 Å². The minimum atomic E-state index is 0.0294. The summed E-state index contributed by atoms with van der Waals surface area (Å²) in [6.45, 7) is 4.82. The largest absolute Gasteiger partial charge is 0.494 e. The molecule has 3 heteroatoms. The molecule has 0 bridgehead atoms. The minimum Gasteiger partial charge on any atom is -0.494 e. The Labute approximate surface area is 115 Å². The van der Waals surface area contributed by atoms with Gasteiger partial charge in [-0.1, -0.05) is 19.8 Å². The van der Waals surface area contributed by atoms with Gasteiger partial charge in [-0.25, -0.2) is 0 Å². The van der Waals surface area contributed by atoms with Crippen molar-refractivity contribution < 1.29 is 9.53 Å². The Balaban J connectivity index is 1.95. The quantitative estimate of drug-likeness (QED) is 0.902. The summed E-state index contributed by atoms with van der Waals surface area (Å²) in [4.78, 5) is 12.2. The Morgan fingerprint density at radius 2 is 1.95 bits per heavy atom. The van der Waals surface area contributed by atoms with Crippen molar-refractivity contribution in [2.24, 2.45) is 5.92 Å². The Morgan fingerprint density at radius 3 is 2.58 bits per heavy atom. The van der Waals surface area contributed by atoms with Gasteiger partial charge in [-0.15, -0.1) is 0 Å². The van der Waals surface area contributed by atoms with Crippen molar-refractivity contribution in [1.29, 1.82) is 0 Å². The number of hydrogen-bond acceptors (Lipinski definition) is 2. The predicted octanol–water partition coefficient (Wildman–Crippen LogP) is 3.39. The molecule has 1 aliphatic rings. The second kappa shape index (κ2) is 6.60. The van der Waals surface area contributed by atoms with E-state index in [1.165, 1.54) is 19.3 Å². The van der Waals surface area contributed by atoms with Crippen LogP contribution in [-0.2, 0) is 0 Å². The van der Waals surface area contributed by atoms with Crippen LogP contribution in [0.3, 0.4) is 0 Å². The number of amides is 1. The molecule has 104 valence electrons. The fourth-order valence-electron chi connectivity index (χ4n) is 2.65. The van der Waals surface area contributed by atoms with E-state index >= 15 is 0 Å². The standard InChI is InChI=1S/C16H23NO2/c1-3-19-14-10-8-13(9-11-14)16(18)17-15-7-5-4-6-12(15)2/h8-12,15H,3-7H2,1-2H3,(H,17,18). The lowest BCUT2D eigenvalue weighted by molar-refractivity contribution is 0.0910. The van der Waals surface area contributed by atoms with Crippen LogP contribution in [0, 0.1) is 5.92 Å². The molecule has 1 N–H and O–H groups in total. The maximum atomic E-state index is 12.2. The molecular weight excluding hydrogens is 238 g/mol. The van der Waals surface area contributed by atoms with Gasteiger partial charge in [0.05, 0.1) is 6.61 Å². The van der Waals surface area contributed by atoms with Gasteiger partial charge in [-0.05, 0) is 49.9 Å². The van der Waals surface area contributed by atoms with E-state index in [4.69, 9.17) is 4.74 Å². The first-order valence-corrected chi connectivity index (χ1v) is 7.24. The Hall–Kier alpha value is -1.51. The van der Waals surface area contributed by atoms with E-state index in [-0.39, 0.29) is 5.91 Å². The van der Waals surface area contributed by atoms with E-state index in [2.05, 4.69) is 12.2 Å². The van der Waals surface area contributed by atoms with Crippen LogP contribution < -0.4 is 10.1 Å². The first kappa shape index (κ1) is 13.9. The summed E-state index contributed by atoms with van der Waals surface area (Å²) in [5.74, 6) is 1.42. The molecule has 1 aliphatic carbocycles. The van der Waals surface area contributed by atoms with Gasteiger partial charge >= 0.3 is 0 Å². The molecule has 1 fully saturated rings. The summed E-state index contributed by atoms with van der Waals surface area (Å²) in [5, 5.41) is 3.16. The molecule has 1 amide bonds. The molecule has 2 rings (SSSR count). The first-order valence-electron chi connectivity index (χ1n) is 7.24. The van der Waals surface area contributed by atoms with E-state index in [9.17, 15) is 4.79 Å². The third kappa shape index (κ3) is 3.72. The maximum absolute atomic E-state index is 12.2. The van der Waals surface area contributed by atoms with Gasteiger partial charge in [-0.3, -0.25) is 4.79 Å². The Kier molecular flexibility index (Phi) is 4.83. The van der Waals surface area contributed by atoms with Crippen LogP contribution >= 0.6 is 0 Å². The van der Waals surface area contributed by atoms with Crippen molar-refractivity contribution >= 4 is 5.91 Å². The SMILES string of the molecule is CCOc1ccc(C(=O)NC2CCCCC2C)cc1. The van der Waals surface area contributed by atoms with Crippen molar-refractivity contribution in [1.82, 2.24) is 5.32 Å². The molecular formula is C16H23NO2. The fourth-order valence-corrected chi connectivity index (χ4v) is 2.65. The highest BCUT2D eigenvalue weighted by Crippen LogP contribution is 2.24. The molecule has 0 radical (unpaired) electrons. The van der Waals surface area contributed by atoms with Crippen LogP contribution in [-0.4, -0.2) is 18.6 Å². The molecule has 0 saturated heterocycles. The summed E-state index contributed by atoms with van der Waals surface area (Å²) >= 11 is 0. The summed E-state index contributed by atoms with van der Waals surface area (Å²) in [7, 11) is 0. The predicted molar refractivity (Wildman–Crippen MR) is 76.5 cm³/mol. The van der Waals surface area contributed by atoms with Gasteiger partial charge in [0.1, 0.15) is 5.75 Å². The smallest absolute Gasteiger partial charge is 0.251 e. The maximum Gasteiger partial charge on any atom is 0.251 e. The molecule has 0 heterocycles. The van der Waals surface area contributed by atoms with Gasteiger partial charge in [0, 0.05) is 11.6 Å². The van der Waals surface area contributed by atoms with E-state index in [0.717, 1.165) is 12.2 Å². The average Bonchev–Trinajstić information content (AvgIpc) is 2.42. The molecule has 0 aromatic heterocycles. The monoisotopic (exact) mass is 261 g/mol. The highest BCUT2D eigenvalue weighted by molar-refractivity contribution is 5.94. The van der Waals surface area contributed by atoms with Gasteiger partial charge in [0.25, 0.3) is 5.91 Å². The summed E-state index contributed by atoms with van der Waals surface area (Å²) in [5.41, 5.74) is 0.709. The number of nitrogens with one attached hydrogen (secondary N) is 1. The number of ether oxygens (including phenoxy) is 1. The van der Waals surface area contributed by atoms with E-state index in [1.54, 1.807) is 0 Å². The van der Waals surface area contributed by atoms with Crippen molar-refractivity contribution in [3.8, 4) is 5.75 Å². The molecule has 1 saturated carbocycles. The lowest BCUT2D eigenvalue weighted by Gasteiger charge is -2.29. The highest BCUT2D eigenvalue weighted by atomic mass is 16.5. The van der Waals surface area contributed by atoms with Crippen molar-refractivity contribution in [3.63, 3.8) is 0 Å². The van der Waals surface area contributed by atoms with Crippen molar-refractivity contribution in [3.05, 3.63) is 29.8 Å². The normalized spacial score (nSPS) is 22.8. The van der Waals surface area contributed by atoms with Crippen molar-refractivity contribution in [2.75, 3.05) is 6.61 Å². The zero-order chi connectivity index (χ0) is 13.7. The first-order chi connectivity index (χ1) is 9.20. The van der Waals surface area contributed by atoms with Crippen LogP contribution in [0.15, 0.2) is 24.3 Å². The second-order valence-corrected chi connectivity index (χ2v) is 5.30. The summed E-state index contributed by atoms with van der Waals surface area (Å²) < 4.78 is 5.38.